The van der Waals surface area contributed by atoms with Crippen LogP contribution < -0.4 is 10.4 Å². The van der Waals surface area contributed by atoms with E-state index in [0.717, 1.165) is 25.7 Å². The molecule has 0 unspecified atom stereocenters. The van der Waals surface area contributed by atoms with Crippen LogP contribution in [0.5, 0.6) is 0 Å². The number of hydrogen-bond donors (Lipinski definition) is 0. The molecule has 3 aliphatic rings. The fourth-order valence-electron chi connectivity index (χ4n) is 12.8. The standard InChI is InChI=1S/C66H42/c1-3-15-39(16-4-1)42-21-11-23-44(35-42)61-58-37-56-54-33-31-52-50-29-13-19-41-20-14-30-51(60(41)50)53-32-34-55(64(54)63(52)53)57(56)38-59(58)62(45-24-12-22-43(36-45)40-17-5-2-6-18-40)66-49-28-10-8-26-47(49)46-25-7-9-27-48(46)65(61)66/h1-13,15-29,31,33,35-38H,14,30,32,34H2. The second kappa shape index (κ2) is 13.7. The van der Waals surface area contributed by atoms with Gasteiger partial charge in [0, 0.05) is 0 Å². The molecule has 0 heterocycles. The van der Waals surface area contributed by atoms with Gasteiger partial charge in [0.05, 0.1) is 0 Å². The molecule has 3 aliphatic carbocycles. The van der Waals surface area contributed by atoms with Gasteiger partial charge in [-0.2, -0.15) is 0 Å². The van der Waals surface area contributed by atoms with Gasteiger partial charge in [0.1, 0.15) is 0 Å². The molecule has 0 nitrogen and oxygen atoms in total. The molecule has 306 valence electrons. The fraction of sp³-hybridized carbons (Fsp3) is 0.0606. The minimum atomic E-state index is 1.05. The van der Waals surface area contributed by atoms with Gasteiger partial charge in [-0.05, 0) is 203 Å². The Bertz CT molecular complexity index is 4250. The van der Waals surface area contributed by atoms with Crippen molar-refractivity contribution in [3.63, 3.8) is 0 Å². The van der Waals surface area contributed by atoms with Crippen molar-refractivity contribution in [2.24, 2.45) is 0 Å². The van der Waals surface area contributed by atoms with Crippen LogP contribution in [0.15, 0.2) is 200 Å². The van der Waals surface area contributed by atoms with Gasteiger partial charge in [-0.25, -0.2) is 0 Å². The third-order valence-corrected chi connectivity index (χ3v) is 15.5. The van der Waals surface area contributed by atoms with Crippen molar-refractivity contribution in [1.29, 1.82) is 0 Å². The number of fused-ring (bicyclic) bond motifs is 12. The summed E-state index contributed by atoms with van der Waals surface area (Å²) >= 11 is 0. The van der Waals surface area contributed by atoms with Crippen LogP contribution in [0, 0.1) is 0 Å². The normalized spacial score (nSPS) is 13.6. The Kier molecular flexibility index (Phi) is 7.55. The second-order valence-corrected chi connectivity index (χ2v) is 18.8. The van der Waals surface area contributed by atoms with Crippen molar-refractivity contribution >= 4 is 76.3 Å². The van der Waals surface area contributed by atoms with Gasteiger partial charge in [-0.3, -0.25) is 0 Å². The first-order valence-corrected chi connectivity index (χ1v) is 23.7. The third-order valence-electron chi connectivity index (χ3n) is 15.5. The Hall–Kier alpha value is -8.06. The molecule has 0 spiro atoms. The van der Waals surface area contributed by atoms with E-state index in [-0.39, 0.29) is 0 Å². The molecule has 66 heavy (non-hydrogen) atoms. The van der Waals surface area contributed by atoms with Crippen LogP contribution in [0.4, 0.5) is 0 Å². The summed E-state index contributed by atoms with van der Waals surface area (Å²) in [7, 11) is 0. The maximum atomic E-state index is 2.63. The predicted molar refractivity (Wildman–Crippen MR) is 282 cm³/mol. The van der Waals surface area contributed by atoms with E-state index >= 15 is 0 Å². The van der Waals surface area contributed by atoms with Gasteiger partial charge in [0.25, 0.3) is 0 Å². The summed E-state index contributed by atoms with van der Waals surface area (Å²) in [6.07, 6.45) is 6.83. The van der Waals surface area contributed by atoms with E-state index < -0.39 is 0 Å². The van der Waals surface area contributed by atoms with Crippen LogP contribution in [0.2, 0.25) is 0 Å². The second-order valence-electron chi connectivity index (χ2n) is 18.8. The fourth-order valence-corrected chi connectivity index (χ4v) is 12.8. The summed E-state index contributed by atoms with van der Waals surface area (Å²) in [6, 6.07) is 75.9. The van der Waals surface area contributed by atoms with E-state index in [1.807, 2.05) is 0 Å². The zero-order valence-electron chi connectivity index (χ0n) is 36.5. The van der Waals surface area contributed by atoms with Crippen LogP contribution >= 0.6 is 0 Å². The maximum Gasteiger partial charge on any atom is -0.000763 e. The Labute approximate surface area is 383 Å². The zero-order valence-corrected chi connectivity index (χ0v) is 36.5. The lowest BCUT2D eigenvalue weighted by Gasteiger charge is -2.24. The molecular formula is C66H42. The van der Waals surface area contributed by atoms with Gasteiger partial charge in [-0.1, -0.05) is 182 Å². The average Bonchev–Trinajstić information content (AvgIpc) is 3.71. The van der Waals surface area contributed by atoms with Crippen LogP contribution in [-0.4, -0.2) is 0 Å². The minimum absolute atomic E-state index is 1.05. The van der Waals surface area contributed by atoms with Crippen molar-refractivity contribution < 1.29 is 0 Å². The first kappa shape index (κ1) is 36.3. The first-order valence-electron chi connectivity index (χ1n) is 23.7. The zero-order chi connectivity index (χ0) is 43.0. The molecule has 12 aromatic rings. The van der Waals surface area contributed by atoms with Gasteiger partial charge in [0.15, 0.2) is 0 Å². The van der Waals surface area contributed by atoms with Crippen molar-refractivity contribution in [2.45, 2.75) is 25.7 Å². The monoisotopic (exact) mass is 834 g/mol. The van der Waals surface area contributed by atoms with E-state index in [2.05, 4.69) is 206 Å². The molecule has 0 atom stereocenters. The number of hydrogen-bond acceptors (Lipinski definition) is 0. The number of benzene rings is 12. The summed E-state index contributed by atoms with van der Waals surface area (Å²) in [5, 5.41) is 19.1. The highest BCUT2D eigenvalue weighted by Gasteiger charge is 2.31. The number of rotatable bonds is 4. The Morgan fingerprint density at radius 3 is 1.39 bits per heavy atom. The lowest BCUT2D eigenvalue weighted by molar-refractivity contribution is 0.949. The summed E-state index contributed by atoms with van der Waals surface area (Å²) in [6.45, 7) is 0. The quantitative estimate of drug-likeness (QED) is 0.122. The highest BCUT2D eigenvalue weighted by molar-refractivity contribution is 6.37. The van der Waals surface area contributed by atoms with Crippen LogP contribution in [0.1, 0.15) is 29.5 Å². The van der Waals surface area contributed by atoms with Gasteiger partial charge in [-0.15, -0.1) is 0 Å². The topological polar surface area (TPSA) is 0 Å². The smallest absolute Gasteiger partial charge is 0.000763 e. The third kappa shape index (κ3) is 4.99. The molecule has 0 bridgehead atoms. The Balaban J connectivity index is 1.15. The predicted octanol–water partition coefficient (Wildman–Crippen LogP) is 16.1. The van der Waals surface area contributed by atoms with E-state index in [9.17, 15) is 0 Å². The van der Waals surface area contributed by atoms with Gasteiger partial charge in [0.2, 0.25) is 0 Å². The summed E-state index contributed by atoms with van der Waals surface area (Å²) in [4.78, 5) is 0. The average molecular weight is 835 g/mol. The van der Waals surface area contributed by atoms with Crippen LogP contribution in [0.25, 0.3) is 132 Å². The molecule has 0 amide bonds. The Morgan fingerprint density at radius 1 is 0.273 bits per heavy atom. The van der Waals surface area contributed by atoms with E-state index in [1.54, 1.807) is 11.1 Å². The highest BCUT2D eigenvalue weighted by Crippen LogP contribution is 2.53. The van der Waals surface area contributed by atoms with Gasteiger partial charge >= 0.3 is 0 Å². The highest BCUT2D eigenvalue weighted by atomic mass is 14.3. The molecule has 0 N–H and O–H groups in total. The molecule has 0 heteroatoms. The SMILES string of the molecule is C1=c2cccc3c2c(c2c4c5c(ccc43)-c3cc4c(-c6cccc(-c7ccccc7)c6)c6c7ccccc7c7ccccc7c6c(-c6cccc(-c7ccccc7)c6)c4cc3C=5CC2)CC1. The summed E-state index contributed by atoms with van der Waals surface area (Å²) in [5.41, 5.74) is 18.9. The van der Waals surface area contributed by atoms with Crippen molar-refractivity contribution in [3.05, 3.63) is 227 Å². The van der Waals surface area contributed by atoms with Crippen LogP contribution in [-0.2, 0) is 12.8 Å². The summed E-state index contributed by atoms with van der Waals surface area (Å²) < 4.78 is 0. The van der Waals surface area contributed by atoms with Crippen LogP contribution in [0.3, 0.4) is 0 Å². The molecular weight excluding hydrogens is 793 g/mol. The molecule has 0 saturated heterocycles. The number of aryl methyl sites for hydroxylation is 2. The van der Waals surface area contributed by atoms with Crippen molar-refractivity contribution in [2.75, 3.05) is 0 Å². The summed E-state index contributed by atoms with van der Waals surface area (Å²) in [5.74, 6) is 0. The lowest BCUT2D eigenvalue weighted by atomic mass is 9.79. The first-order chi connectivity index (χ1) is 32.8. The largest absolute Gasteiger partial charge is 0.0763 e. The lowest BCUT2D eigenvalue weighted by Crippen LogP contribution is -2.19. The maximum absolute atomic E-state index is 2.63. The van der Waals surface area contributed by atoms with Crippen molar-refractivity contribution in [1.82, 2.24) is 0 Å². The molecule has 0 saturated carbocycles. The molecule has 12 aromatic carbocycles. The molecule has 15 rings (SSSR count). The van der Waals surface area contributed by atoms with Crippen molar-refractivity contribution in [3.8, 4) is 55.6 Å². The Morgan fingerprint density at radius 2 is 0.758 bits per heavy atom. The minimum Gasteiger partial charge on any atom is -0.0763 e. The van der Waals surface area contributed by atoms with E-state index in [0.29, 0.717) is 0 Å². The molecule has 0 fully saturated rings. The van der Waals surface area contributed by atoms with E-state index in [4.69, 9.17) is 0 Å². The molecule has 0 aliphatic heterocycles. The van der Waals surface area contributed by atoms with E-state index in [1.165, 1.54) is 142 Å². The van der Waals surface area contributed by atoms with Gasteiger partial charge < -0.3 is 0 Å². The molecule has 0 radical (unpaired) electrons. The molecule has 0 aromatic heterocycles.